The molecule has 1 aromatic rings. The van der Waals surface area contributed by atoms with Crippen LogP contribution in [0.25, 0.3) is 0 Å². The van der Waals surface area contributed by atoms with Gasteiger partial charge in [-0.25, -0.2) is 4.98 Å². The maximum atomic E-state index is 11.4. The zero-order valence-corrected chi connectivity index (χ0v) is 9.94. The van der Waals surface area contributed by atoms with Gasteiger partial charge in [-0.2, -0.15) is 11.8 Å². The quantitative estimate of drug-likeness (QED) is 0.704. The Morgan fingerprint density at radius 1 is 1.60 bits per heavy atom. The van der Waals surface area contributed by atoms with Crippen molar-refractivity contribution in [2.24, 2.45) is 0 Å². The number of amides is 1. The average Bonchev–Trinajstić information content (AvgIpc) is 2.76. The van der Waals surface area contributed by atoms with Gasteiger partial charge >= 0.3 is 0 Å². The minimum Gasteiger partial charge on any atom is -0.396 e. The fourth-order valence-electron chi connectivity index (χ4n) is 0.921. The molecule has 1 amide bonds. The van der Waals surface area contributed by atoms with Crippen LogP contribution in [0.4, 0.5) is 0 Å². The molecule has 0 saturated carbocycles. The molecule has 0 spiro atoms. The molecule has 0 radical (unpaired) electrons. The fraction of sp³-hybridized carbons (Fsp3) is 0.556. The summed E-state index contributed by atoms with van der Waals surface area (Å²) in [5.74, 6) is 1.69. The number of nitrogens with one attached hydrogen (secondary N) is 1. The molecule has 0 aliphatic carbocycles. The van der Waals surface area contributed by atoms with Crippen molar-refractivity contribution in [3.8, 4) is 0 Å². The van der Waals surface area contributed by atoms with E-state index in [-0.39, 0.29) is 12.5 Å². The van der Waals surface area contributed by atoms with E-state index in [1.165, 1.54) is 11.3 Å². The topological polar surface area (TPSA) is 62.2 Å². The van der Waals surface area contributed by atoms with Crippen LogP contribution < -0.4 is 5.32 Å². The lowest BCUT2D eigenvalue weighted by Crippen LogP contribution is -2.26. The van der Waals surface area contributed by atoms with Crippen molar-refractivity contribution in [3.63, 3.8) is 0 Å². The minimum atomic E-state index is -0.112. The van der Waals surface area contributed by atoms with Gasteiger partial charge in [-0.05, 0) is 12.2 Å². The van der Waals surface area contributed by atoms with Crippen LogP contribution in [-0.2, 0) is 0 Å². The number of hydrogen-bond acceptors (Lipinski definition) is 5. The van der Waals surface area contributed by atoms with Crippen LogP contribution in [0.15, 0.2) is 10.9 Å². The van der Waals surface area contributed by atoms with Gasteiger partial charge in [-0.3, -0.25) is 4.79 Å². The fourth-order valence-corrected chi connectivity index (χ4v) is 2.24. The van der Waals surface area contributed by atoms with Crippen molar-refractivity contribution in [1.29, 1.82) is 0 Å². The van der Waals surface area contributed by atoms with Crippen molar-refractivity contribution in [2.75, 3.05) is 24.7 Å². The minimum absolute atomic E-state index is 0.112. The predicted molar refractivity (Wildman–Crippen MR) is 63.5 cm³/mol. The molecule has 0 aliphatic rings. The van der Waals surface area contributed by atoms with E-state index in [2.05, 4.69) is 10.3 Å². The number of thiazole rings is 1. The van der Waals surface area contributed by atoms with Gasteiger partial charge in [0.1, 0.15) is 5.69 Å². The van der Waals surface area contributed by atoms with Crippen molar-refractivity contribution in [2.45, 2.75) is 6.42 Å². The van der Waals surface area contributed by atoms with Gasteiger partial charge < -0.3 is 10.4 Å². The van der Waals surface area contributed by atoms with Crippen molar-refractivity contribution < 1.29 is 9.90 Å². The summed E-state index contributed by atoms with van der Waals surface area (Å²) < 4.78 is 0. The molecule has 0 saturated heterocycles. The second kappa shape index (κ2) is 7.67. The highest BCUT2D eigenvalue weighted by molar-refractivity contribution is 7.99. The number of aliphatic hydroxyl groups is 1. The molecule has 2 N–H and O–H groups in total. The molecule has 1 aromatic heterocycles. The first-order valence-corrected chi connectivity index (χ1v) is 6.79. The zero-order valence-electron chi connectivity index (χ0n) is 8.31. The van der Waals surface area contributed by atoms with Gasteiger partial charge in [0.05, 0.1) is 5.51 Å². The van der Waals surface area contributed by atoms with Crippen molar-refractivity contribution in [3.05, 3.63) is 16.6 Å². The summed E-state index contributed by atoms with van der Waals surface area (Å²) in [6.07, 6.45) is 0.810. The molecule has 0 unspecified atom stereocenters. The van der Waals surface area contributed by atoms with Gasteiger partial charge in [0.25, 0.3) is 5.91 Å². The maximum Gasteiger partial charge on any atom is 0.270 e. The summed E-state index contributed by atoms with van der Waals surface area (Å²) in [6.45, 7) is 0.880. The first-order valence-electron chi connectivity index (χ1n) is 4.69. The third-order valence-electron chi connectivity index (χ3n) is 1.64. The van der Waals surface area contributed by atoms with Crippen LogP contribution >= 0.6 is 23.1 Å². The molecule has 4 nitrogen and oxygen atoms in total. The Balaban J connectivity index is 2.03. The van der Waals surface area contributed by atoms with Gasteiger partial charge in [0.15, 0.2) is 0 Å². The number of hydrogen-bond donors (Lipinski definition) is 2. The van der Waals surface area contributed by atoms with E-state index in [1.54, 1.807) is 22.7 Å². The highest BCUT2D eigenvalue weighted by Crippen LogP contribution is 2.02. The average molecular weight is 246 g/mol. The van der Waals surface area contributed by atoms with Crippen molar-refractivity contribution in [1.82, 2.24) is 10.3 Å². The van der Waals surface area contributed by atoms with E-state index in [1.807, 2.05) is 0 Å². The molecule has 0 aliphatic heterocycles. The number of nitrogens with zero attached hydrogens (tertiary/aromatic N) is 1. The normalized spacial score (nSPS) is 10.2. The molecule has 1 rings (SSSR count). The molecule has 84 valence electrons. The van der Waals surface area contributed by atoms with Crippen molar-refractivity contribution >= 4 is 29.0 Å². The van der Waals surface area contributed by atoms with Crippen LogP contribution in [0.2, 0.25) is 0 Å². The molecule has 15 heavy (non-hydrogen) atoms. The van der Waals surface area contributed by atoms with Crippen LogP contribution in [0.5, 0.6) is 0 Å². The summed E-state index contributed by atoms with van der Waals surface area (Å²) in [6, 6.07) is 0. The number of thioether (sulfide) groups is 1. The lowest BCUT2D eigenvalue weighted by molar-refractivity contribution is 0.0952. The second-order valence-corrected chi connectivity index (χ2v) is 4.76. The number of carbonyl (C=O) groups excluding carboxylic acids is 1. The molecule has 0 fully saturated rings. The Bertz CT molecular complexity index is 278. The summed E-state index contributed by atoms with van der Waals surface area (Å²) in [5.41, 5.74) is 2.13. The number of aliphatic hydroxyl groups excluding tert-OH is 1. The van der Waals surface area contributed by atoms with Gasteiger partial charge in [0, 0.05) is 24.3 Å². The number of carbonyl (C=O) groups is 1. The molecule has 0 aromatic carbocycles. The van der Waals surface area contributed by atoms with E-state index < -0.39 is 0 Å². The first kappa shape index (κ1) is 12.5. The van der Waals surface area contributed by atoms with E-state index in [0.717, 1.165) is 17.9 Å². The maximum absolute atomic E-state index is 11.4. The number of rotatable bonds is 7. The van der Waals surface area contributed by atoms with Crippen LogP contribution in [0, 0.1) is 0 Å². The second-order valence-electron chi connectivity index (χ2n) is 2.82. The SMILES string of the molecule is O=C(NCCSCCCO)c1cscn1. The Hall–Kier alpha value is -0.590. The van der Waals surface area contributed by atoms with E-state index >= 15 is 0 Å². The summed E-state index contributed by atoms with van der Waals surface area (Å²) in [7, 11) is 0. The Morgan fingerprint density at radius 3 is 3.13 bits per heavy atom. The molecular weight excluding hydrogens is 232 g/mol. The van der Waals surface area contributed by atoms with E-state index in [0.29, 0.717) is 12.2 Å². The Morgan fingerprint density at radius 2 is 2.47 bits per heavy atom. The third kappa shape index (κ3) is 5.15. The van der Waals surface area contributed by atoms with E-state index in [9.17, 15) is 4.79 Å². The highest BCUT2D eigenvalue weighted by atomic mass is 32.2. The van der Waals surface area contributed by atoms with Crippen LogP contribution in [0.3, 0.4) is 0 Å². The van der Waals surface area contributed by atoms with Gasteiger partial charge in [-0.1, -0.05) is 0 Å². The molecular formula is C9H14N2O2S2. The monoisotopic (exact) mass is 246 g/mol. The van der Waals surface area contributed by atoms with Crippen LogP contribution in [-0.4, -0.2) is 40.7 Å². The lowest BCUT2D eigenvalue weighted by Gasteiger charge is -2.02. The highest BCUT2D eigenvalue weighted by Gasteiger charge is 2.05. The molecule has 1 heterocycles. The third-order valence-corrected chi connectivity index (χ3v) is 3.30. The standard InChI is InChI=1S/C9H14N2O2S2/c12-3-1-4-14-5-2-10-9(13)8-6-15-7-11-8/h6-7,12H,1-5H2,(H,10,13). The largest absolute Gasteiger partial charge is 0.396 e. The number of aromatic nitrogens is 1. The smallest absolute Gasteiger partial charge is 0.270 e. The predicted octanol–water partition coefficient (Wildman–Crippen LogP) is 0.989. The van der Waals surface area contributed by atoms with Crippen LogP contribution in [0.1, 0.15) is 16.9 Å². The van der Waals surface area contributed by atoms with E-state index in [4.69, 9.17) is 5.11 Å². The molecule has 6 heteroatoms. The molecule has 0 bridgehead atoms. The van der Waals surface area contributed by atoms with Gasteiger partial charge in [0.2, 0.25) is 0 Å². The summed E-state index contributed by atoms with van der Waals surface area (Å²) in [4.78, 5) is 15.3. The first-order chi connectivity index (χ1) is 7.34. The Kier molecular flexibility index (Phi) is 6.38. The molecule has 0 atom stereocenters. The Labute approximate surface area is 97.1 Å². The lowest BCUT2D eigenvalue weighted by atomic mass is 10.4. The zero-order chi connectivity index (χ0) is 10.9. The summed E-state index contributed by atoms with van der Waals surface area (Å²) >= 11 is 3.14. The van der Waals surface area contributed by atoms with Gasteiger partial charge in [-0.15, -0.1) is 11.3 Å². The summed E-state index contributed by atoms with van der Waals surface area (Å²) in [5, 5.41) is 13.1.